The molecule has 0 radical (unpaired) electrons. The minimum Gasteiger partial charge on any atom is -0.497 e. The topological polar surface area (TPSA) is 38.5 Å². The molecule has 1 fully saturated rings. The monoisotopic (exact) mass is 342 g/mol. The van der Waals surface area contributed by atoms with Crippen LogP contribution in [0.15, 0.2) is 46.9 Å². The summed E-state index contributed by atoms with van der Waals surface area (Å²) < 4.78 is 11.2. The number of nitrogens with zero attached hydrogens (tertiary/aromatic N) is 2. The van der Waals surface area contributed by atoms with Crippen LogP contribution in [0, 0.1) is 0 Å². The van der Waals surface area contributed by atoms with Gasteiger partial charge in [0.15, 0.2) is 11.5 Å². The van der Waals surface area contributed by atoms with E-state index in [1.165, 1.54) is 5.56 Å². The smallest absolute Gasteiger partial charge is 0.199 e. The Kier molecular flexibility index (Phi) is 4.17. The average molecular weight is 343 g/mol. The molecule has 24 heavy (non-hydrogen) atoms. The molecule has 0 bridgehead atoms. The van der Waals surface area contributed by atoms with Crippen LogP contribution < -0.4 is 4.74 Å². The van der Waals surface area contributed by atoms with Crippen molar-refractivity contribution in [3.8, 4) is 5.75 Å². The molecule has 1 atom stereocenters. The quantitative estimate of drug-likeness (QED) is 0.700. The Labute approximate surface area is 146 Å². The van der Waals surface area contributed by atoms with Crippen molar-refractivity contribution in [2.75, 3.05) is 20.2 Å². The van der Waals surface area contributed by atoms with Crippen molar-refractivity contribution in [3.63, 3.8) is 0 Å². The predicted octanol–water partition coefficient (Wildman–Crippen LogP) is 4.48. The Morgan fingerprint density at radius 1 is 1.29 bits per heavy atom. The largest absolute Gasteiger partial charge is 0.497 e. The Morgan fingerprint density at radius 3 is 3.08 bits per heavy atom. The highest BCUT2D eigenvalue weighted by Crippen LogP contribution is 2.31. The summed E-state index contributed by atoms with van der Waals surface area (Å²) in [5.41, 5.74) is 2.91. The van der Waals surface area contributed by atoms with Crippen molar-refractivity contribution in [1.29, 1.82) is 0 Å². The maximum Gasteiger partial charge on any atom is 0.199 e. The number of benzene rings is 2. The molecule has 0 aliphatic carbocycles. The van der Waals surface area contributed by atoms with Crippen LogP contribution in [0.5, 0.6) is 5.75 Å². The lowest BCUT2D eigenvalue weighted by atomic mass is 10.1. The maximum absolute atomic E-state index is 6.03. The number of rotatable bonds is 4. The van der Waals surface area contributed by atoms with E-state index in [9.17, 15) is 0 Å². The van der Waals surface area contributed by atoms with Crippen molar-refractivity contribution in [1.82, 2.24) is 9.88 Å². The molecule has 1 aromatic heterocycles. The van der Waals surface area contributed by atoms with Gasteiger partial charge in [0, 0.05) is 24.0 Å². The van der Waals surface area contributed by atoms with E-state index in [2.05, 4.69) is 22.0 Å². The summed E-state index contributed by atoms with van der Waals surface area (Å²) in [4.78, 5) is 7.06. The van der Waals surface area contributed by atoms with Gasteiger partial charge in [-0.1, -0.05) is 23.7 Å². The lowest BCUT2D eigenvalue weighted by Crippen LogP contribution is -2.19. The third kappa shape index (κ3) is 3.12. The van der Waals surface area contributed by atoms with Gasteiger partial charge < -0.3 is 9.15 Å². The summed E-state index contributed by atoms with van der Waals surface area (Å²) in [7, 11) is 1.70. The molecule has 1 aliphatic heterocycles. The molecule has 0 unspecified atom stereocenters. The van der Waals surface area contributed by atoms with Gasteiger partial charge >= 0.3 is 0 Å². The summed E-state index contributed by atoms with van der Waals surface area (Å²) in [6.45, 7) is 2.92. The summed E-state index contributed by atoms with van der Waals surface area (Å²) in [6.07, 6.45) is 1.06. The predicted molar refractivity (Wildman–Crippen MR) is 94.6 cm³/mol. The molecule has 2 aromatic carbocycles. The SMILES string of the molecule is COc1cccc(CN2CC[C@H](c3nc4cc(Cl)ccc4o3)C2)c1. The fourth-order valence-corrected chi connectivity index (χ4v) is 3.47. The first-order valence-corrected chi connectivity index (χ1v) is 8.50. The lowest BCUT2D eigenvalue weighted by Gasteiger charge is -2.15. The summed E-state index contributed by atoms with van der Waals surface area (Å²) in [5.74, 6) is 2.06. The molecule has 1 saturated heterocycles. The van der Waals surface area contributed by atoms with Crippen molar-refractivity contribution in [2.45, 2.75) is 18.9 Å². The van der Waals surface area contributed by atoms with Crippen LogP contribution in [-0.4, -0.2) is 30.1 Å². The first-order valence-electron chi connectivity index (χ1n) is 8.12. The number of likely N-dealkylation sites (tertiary alicyclic amines) is 1. The van der Waals surface area contributed by atoms with E-state index < -0.39 is 0 Å². The molecule has 2 heterocycles. The average Bonchev–Trinajstić information content (AvgIpc) is 3.21. The number of hydrogen-bond acceptors (Lipinski definition) is 4. The fourth-order valence-electron chi connectivity index (χ4n) is 3.30. The van der Waals surface area contributed by atoms with Gasteiger partial charge in [-0.2, -0.15) is 0 Å². The first-order chi connectivity index (χ1) is 11.7. The van der Waals surface area contributed by atoms with Gasteiger partial charge in [0.2, 0.25) is 0 Å². The van der Waals surface area contributed by atoms with E-state index in [-0.39, 0.29) is 0 Å². The van der Waals surface area contributed by atoms with E-state index in [0.717, 1.165) is 48.8 Å². The molecule has 1 aliphatic rings. The molecule has 124 valence electrons. The van der Waals surface area contributed by atoms with Gasteiger partial charge in [0.1, 0.15) is 11.3 Å². The molecule has 4 nitrogen and oxygen atoms in total. The maximum atomic E-state index is 6.03. The molecule has 5 heteroatoms. The highest BCUT2D eigenvalue weighted by atomic mass is 35.5. The van der Waals surface area contributed by atoms with Crippen LogP contribution in [0.2, 0.25) is 5.02 Å². The van der Waals surface area contributed by atoms with Crippen LogP contribution in [0.3, 0.4) is 0 Å². The zero-order valence-corrected chi connectivity index (χ0v) is 14.3. The highest BCUT2D eigenvalue weighted by Gasteiger charge is 2.27. The Bertz CT molecular complexity index is 861. The number of ether oxygens (including phenoxy) is 1. The van der Waals surface area contributed by atoms with Crippen molar-refractivity contribution < 1.29 is 9.15 Å². The van der Waals surface area contributed by atoms with Gasteiger partial charge in [0.05, 0.1) is 7.11 Å². The second-order valence-corrected chi connectivity index (χ2v) is 6.67. The van der Waals surface area contributed by atoms with Crippen LogP contribution in [0.25, 0.3) is 11.1 Å². The van der Waals surface area contributed by atoms with Crippen molar-refractivity contribution in [3.05, 3.63) is 58.9 Å². The minimum atomic E-state index is 0.335. The first kappa shape index (κ1) is 15.5. The molecule has 0 spiro atoms. The number of methoxy groups -OCH3 is 1. The van der Waals surface area contributed by atoms with E-state index >= 15 is 0 Å². The van der Waals surface area contributed by atoms with Crippen molar-refractivity contribution in [2.24, 2.45) is 0 Å². The Hall–Kier alpha value is -2.04. The van der Waals surface area contributed by atoms with E-state index in [4.69, 9.17) is 20.8 Å². The molecular formula is C19H19ClN2O2. The van der Waals surface area contributed by atoms with Crippen LogP contribution in [0.1, 0.15) is 23.8 Å². The van der Waals surface area contributed by atoms with E-state index in [1.54, 1.807) is 7.11 Å². The van der Waals surface area contributed by atoms with Gasteiger partial charge in [-0.05, 0) is 48.9 Å². The molecule has 0 N–H and O–H groups in total. The van der Waals surface area contributed by atoms with Crippen LogP contribution in [0.4, 0.5) is 0 Å². The minimum absolute atomic E-state index is 0.335. The molecule has 4 rings (SSSR count). The highest BCUT2D eigenvalue weighted by molar-refractivity contribution is 6.31. The zero-order chi connectivity index (χ0) is 16.5. The van der Waals surface area contributed by atoms with Gasteiger partial charge in [-0.25, -0.2) is 4.98 Å². The Morgan fingerprint density at radius 2 is 2.21 bits per heavy atom. The molecular weight excluding hydrogens is 324 g/mol. The zero-order valence-electron chi connectivity index (χ0n) is 13.5. The second-order valence-electron chi connectivity index (χ2n) is 6.24. The van der Waals surface area contributed by atoms with Gasteiger partial charge in [-0.3, -0.25) is 4.90 Å². The van der Waals surface area contributed by atoms with Gasteiger partial charge in [0.25, 0.3) is 0 Å². The van der Waals surface area contributed by atoms with E-state index in [0.29, 0.717) is 10.9 Å². The number of aromatic nitrogens is 1. The number of oxazole rings is 1. The summed E-state index contributed by atoms with van der Waals surface area (Å²) in [5, 5.41) is 0.688. The number of fused-ring (bicyclic) bond motifs is 1. The normalized spacial score (nSPS) is 18.3. The summed E-state index contributed by atoms with van der Waals surface area (Å²) >= 11 is 6.03. The second kappa shape index (κ2) is 6.46. The standard InChI is InChI=1S/C19H19ClN2O2/c1-23-16-4-2-3-13(9-16)11-22-8-7-14(12-22)19-21-17-10-15(20)5-6-18(17)24-19/h2-6,9-10,14H,7-8,11-12H2,1H3/t14-/m0/s1. The van der Waals surface area contributed by atoms with Gasteiger partial charge in [-0.15, -0.1) is 0 Å². The number of hydrogen-bond donors (Lipinski definition) is 0. The van der Waals surface area contributed by atoms with E-state index in [1.807, 2.05) is 30.3 Å². The fraction of sp³-hybridized carbons (Fsp3) is 0.316. The van der Waals surface area contributed by atoms with Crippen molar-refractivity contribution >= 4 is 22.7 Å². The third-order valence-corrected chi connectivity index (χ3v) is 4.76. The molecule has 0 saturated carbocycles. The molecule has 0 amide bonds. The van der Waals surface area contributed by atoms with Crippen LogP contribution in [-0.2, 0) is 6.54 Å². The third-order valence-electron chi connectivity index (χ3n) is 4.53. The molecule has 3 aromatic rings. The Balaban J connectivity index is 1.47. The summed E-state index contributed by atoms with van der Waals surface area (Å²) in [6, 6.07) is 13.8. The number of halogens is 1. The van der Waals surface area contributed by atoms with Crippen LogP contribution >= 0.6 is 11.6 Å². The lowest BCUT2D eigenvalue weighted by molar-refractivity contribution is 0.320.